The van der Waals surface area contributed by atoms with Gasteiger partial charge in [-0.3, -0.25) is 4.79 Å². The predicted molar refractivity (Wildman–Crippen MR) is 93.1 cm³/mol. The number of hydrogen-bond acceptors (Lipinski definition) is 4. The van der Waals surface area contributed by atoms with Gasteiger partial charge in [0.1, 0.15) is 0 Å². The summed E-state index contributed by atoms with van der Waals surface area (Å²) in [6, 6.07) is 10.4. The molecule has 2 heterocycles. The molecule has 5 nitrogen and oxygen atoms in total. The average Bonchev–Trinajstić information content (AvgIpc) is 3.22. The van der Waals surface area contributed by atoms with Crippen molar-refractivity contribution >= 4 is 17.2 Å². The van der Waals surface area contributed by atoms with E-state index in [4.69, 9.17) is 9.47 Å². The van der Waals surface area contributed by atoms with Crippen LogP contribution in [0.2, 0.25) is 0 Å². The second kappa shape index (κ2) is 7.68. The van der Waals surface area contributed by atoms with Crippen molar-refractivity contribution in [2.45, 2.75) is 33.0 Å². The van der Waals surface area contributed by atoms with Gasteiger partial charge in [0.05, 0.1) is 12.6 Å². The first-order chi connectivity index (χ1) is 11.6. The fourth-order valence-electron chi connectivity index (χ4n) is 2.55. The molecule has 0 saturated carbocycles. The van der Waals surface area contributed by atoms with Crippen molar-refractivity contribution in [3.05, 3.63) is 46.2 Å². The molecule has 2 N–H and O–H groups in total. The van der Waals surface area contributed by atoms with E-state index >= 15 is 0 Å². The zero-order valence-corrected chi connectivity index (χ0v) is 14.8. The van der Waals surface area contributed by atoms with Gasteiger partial charge in [-0.2, -0.15) is 0 Å². The summed E-state index contributed by atoms with van der Waals surface area (Å²) in [7, 11) is 0. The van der Waals surface area contributed by atoms with Gasteiger partial charge >= 0.3 is 0 Å². The molecule has 1 aromatic heterocycles. The van der Waals surface area contributed by atoms with E-state index in [1.807, 2.05) is 34.5 Å². The molecule has 2 aromatic rings. The smallest absolute Gasteiger partial charge is 0.278 e. The van der Waals surface area contributed by atoms with Crippen molar-refractivity contribution < 1.29 is 19.6 Å². The van der Waals surface area contributed by atoms with E-state index in [1.54, 1.807) is 11.3 Å². The highest BCUT2D eigenvalue weighted by Gasteiger charge is 2.19. The van der Waals surface area contributed by atoms with Crippen LogP contribution in [0.3, 0.4) is 0 Å². The van der Waals surface area contributed by atoms with Gasteiger partial charge in [-0.1, -0.05) is 12.1 Å². The minimum Gasteiger partial charge on any atom is -0.454 e. The monoisotopic (exact) mass is 347 g/mol. The van der Waals surface area contributed by atoms with Crippen molar-refractivity contribution in [1.29, 1.82) is 0 Å². The zero-order chi connectivity index (χ0) is 16.9. The molecule has 128 valence electrons. The molecule has 1 amide bonds. The molecule has 1 aliphatic rings. The highest BCUT2D eigenvalue weighted by molar-refractivity contribution is 7.09. The Balaban J connectivity index is 1.72. The second-order valence-electron chi connectivity index (χ2n) is 6.20. The highest BCUT2D eigenvalue weighted by atomic mass is 32.1. The van der Waals surface area contributed by atoms with Crippen LogP contribution >= 0.6 is 11.3 Å². The van der Waals surface area contributed by atoms with E-state index < -0.39 is 0 Å². The summed E-state index contributed by atoms with van der Waals surface area (Å²) >= 11 is 1.67. The summed E-state index contributed by atoms with van der Waals surface area (Å²) in [4.78, 5) is 15.7. The molecule has 1 aliphatic heterocycles. The Labute approximate surface area is 146 Å². The number of ether oxygens (including phenoxy) is 2. The van der Waals surface area contributed by atoms with Crippen molar-refractivity contribution in [2.75, 3.05) is 13.3 Å². The Hall–Kier alpha value is -2.05. The normalized spacial score (nSPS) is 12.6. The number of nitrogens with zero attached hydrogens (tertiary/aromatic N) is 1. The number of benzene rings is 1. The summed E-state index contributed by atoms with van der Waals surface area (Å²) < 4.78 is 10.8. The molecular formula is C18H23N2O3S+. The number of carbonyl (C=O) groups is 1. The van der Waals surface area contributed by atoms with Crippen LogP contribution in [0.15, 0.2) is 35.7 Å². The number of carbonyl (C=O) groups excluding carboxylic acids is 1. The van der Waals surface area contributed by atoms with Gasteiger partial charge in [-0.05, 0) is 43.0 Å². The molecule has 0 bridgehead atoms. The summed E-state index contributed by atoms with van der Waals surface area (Å²) in [5.41, 5.74) is 1.05. The molecule has 0 aliphatic carbocycles. The minimum atomic E-state index is 0.148. The summed E-state index contributed by atoms with van der Waals surface area (Å²) in [5.74, 6) is 1.67. The molecule has 0 fully saturated rings. The first-order valence-corrected chi connectivity index (χ1v) is 9.02. The first kappa shape index (κ1) is 16.8. The van der Waals surface area contributed by atoms with E-state index in [-0.39, 0.29) is 12.7 Å². The van der Waals surface area contributed by atoms with Crippen LogP contribution in [0.1, 0.15) is 24.3 Å². The molecular weight excluding hydrogens is 324 g/mol. The number of amides is 1. The number of rotatable bonds is 7. The van der Waals surface area contributed by atoms with E-state index in [0.29, 0.717) is 25.7 Å². The number of nitrogens with two attached hydrogens (primary N) is 1. The van der Waals surface area contributed by atoms with Crippen LogP contribution in [0.5, 0.6) is 11.5 Å². The number of hydrogen-bond donors (Lipinski definition) is 1. The summed E-state index contributed by atoms with van der Waals surface area (Å²) in [5, 5.41) is 4.10. The second-order valence-corrected chi connectivity index (χ2v) is 7.23. The molecule has 1 aromatic carbocycles. The molecule has 24 heavy (non-hydrogen) atoms. The van der Waals surface area contributed by atoms with Crippen LogP contribution in [0, 0.1) is 0 Å². The van der Waals surface area contributed by atoms with E-state index in [9.17, 15) is 4.79 Å². The van der Waals surface area contributed by atoms with Gasteiger partial charge in [-0.25, -0.2) is 0 Å². The average molecular weight is 347 g/mol. The Kier molecular flexibility index (Phi) is 5.37. The molecule has 0 spiro atoms. The topological polar surface area (TPSA) is 55.4 Å². The third kappa shape index (κ3) is 4.27. The first-order valence-electron chi connectivity index (χ1n) is 8.14. The lowest BCUT2D eigenvalue weighted by molar-refractivity contribution is -0.673. The predicted octanol–water partition coefficient (Wildman–Crippen LogP) is 1.98. The third-order valence-electron chi connectivity index (χ3n) is 3.85. The van der Waals surface area contributed by atoms with Crippen LogP contribution in [-0.2, 0) is 17.9 Å². The summed E-state index contributed by atoms with van der Waals surface area (Å²) in [6.07, 6.45) is 0. The number of fused-ring (bicyclic) bond motifs is 1. The van der Waals surface area contributed by atoms with E-state index in [0.717, 1.165) is 17.1 Å². The number of thiophene rings is 1. The van der Waals surface area contributed by atoms with Gasteiger partial charge in [0.25, 0.3) is 5.91 Å². The molecule has 6 heteroatoms. The van der Waals surface area contributed by atoms with Gasteiger partial charge < -0.3 is 19.7 Å². The highest BCUT2D eigenvalue weighted by Crippen LogP contribution is 2.33. The van der Waals surface area contributed by atoms with E-state index in [2.05, 4.69) is 25.2 Å². The third-order valence-corrected chi connectivity index (χ3v) is 4.71. The minimum absolute atomic E-state index is 0.148. The SMILES string of the molecule is CC(C)[NH2+]CC(=O)N(Cc1ccc2c(c1)OCO2)Cc1cccs1. The zero-order valence-electron chi connectivity index (χ0n) is 14.0. The van der Waals surface area contributed by atoms with Gasteiger partial charge in [0, 0.05) is 11.4 Å². The molecule has 0 unspecified atom stereocenters. The lowest BCUT2D eigenvalue weighted by atomic mass is 10.2. The maximum Gasteiger partial charge on any atom is 0.278 e. The molecule has 0 saturated heterocycles. The van der Waals surface area contributed by atoms with Crippen molar-refractivity contribution in [2.24, 2.45) is 0 Å². The van der Waals surface area contributed by atoms with Crippen molar-refractivity contribution in [3.63, 3.8) is 0 Å². The van der Waals surface area contributed by atoms with Crippen molar-refractivity contribution in [1.82, 2.24) is 4.90 Å². The fourth-order valence-corrected chi connectivity index (χ4v) is 3.27. The lowest BCUT2D eigenvalue weighted by Gasteiger charge is -2.22. The summed E-state index contributed by atoms with van der Waals surface area (Å²) in [6.45, 7) is 6.12. The van der Waals surface area contributed by atoms with Gasteiger partial charge in [0.2, 0.25) is 6.79 Å². The fraction of sp³-hybridized carbons (Fsp3) is 0.389. The number of quaternary nitrogens is 1. The maximum absolute atomic E-state index is 12.7. The van der Waals surface area contributed by atoms with Crippen LogP contribution in [-0.4, -0.2) is 30.2 Å². The molecule has 0 radical (unpaired) electrons. The van der Waals surface area contributed by atoms with Crippen molar-refractivity contribution in [3.8, 4) is 11.5 Å². The maximum atomic E-state index is 12.7. The molecule has 3 rings (SSSR count). The Morgan fingerprint density at radius 3 is 2.83 bits per heavy atom. The lowest BCUT2D eigenvalue weighted by Crippen LogP contribution is -2.90. The van der Waals surface area contributed by atoms with Gasteiger partial charge in [-0.15, -0.1) is 11.3 Å². The van der Waals surface area contributed by atoms with Crippen LogP contribution < -0.4 is 14.8 Å². The Bertz CT molecular complexity index is 686. The quantitative estimate of drug-likeness (QED) is 0.833. The molecule has 0 atom stereocenters. The van der Waals surface area contributed by atoms with E-state index in [1.165, 1.54) is 4.88 Å². The Morgan fingerprint density at radius 1 is 1.25 bits per heavy atom. The largest absolute Gasteiger partial charge is 0.454 e. The van der Waals surface area contributed by atoms with Crippen LogP contribution in [0.25, 0.3) is 0 Å². The Morgan fingerprint density at radius 2 is 2.08 bits per heavy atom. The van der Waals surface area contributed by atoms with Crippen LogP contribution in [0.4, 0.5) is 0 Å². The standard InChI is InChI=1S/C18H22N2O3S/c1-13(2)19-9-18(21)20(11-15-4-3-7-24-15)10-14-5-6-16-17(8-14)23-12-22-16/h3-8,13,19H,9-12H2,1-2H3/p+1. The van der Waals surface area contributed by atoms with Gasteiger partial charge in [0.15, 0.2) is 18.0 Å².